The van der Waals surface area contributed by atoms with E-state index in [-0.39, 0.29) is 20.1 Å². The zero-order chi connectivity index (χ0) is 22.6. The van der Waals surface area contributed by atoms with Crippen LogP contribution >= 0.6 is 0 Å². The normalized spacial score (nSPS) is 18.9. The molecule has 2 nitrogen and oxygen atoms in total. The topological polar surface area (TPSA) is 17.3 Å². The molecule has 34 heavy (non-hydrogen) atoms. The molecule has 0 amide bonds. The second-order valence-electron chi connectivity index (χ2n) is 10.8. The minimum atomic E-state index is 0. The molecule has 0 atom stereocenters. The van der Waals surface area contributed by atoms with Crippen LogP contribution in [0.1, 0.15) is 57.9 Å². The molecule has 0 N–H and O–H groups in total. The molecule has 2 heterocycles. The third-order valence-electron chi connectivity index (χ3n) is 7.91. The summed E-state index contributed by atoms with van der Waals surface area (Å²) in [4.78, 5) is 4.94. The van der Waals surface area contributed by atoms with E-state index in [1.54, 1.807) is 0 Å². The number of benzene rings is 3. The van der Waals surface area contributed by atoms with Gasteiger partial charge in [0.2, 0.25) is 0 Å². The van der Waals surface area contributed by atoms with Crippen LogP contribution in [0.15, 0.2) is 72.9 Å². The Morgan fingerprint density at radius 1 is 0.853 bits per heavy atom. The summed E-state index contributed by atoms with van der Waals surface area (Å²) in [5, 5.41) is 3.55. The molecule has 0 bridgehead atoms. The van der Waals surface area contributed by atoms with E-state index in [4.69, 9.17) is 4.98 Å². The van der Waals surface area contributed by atoms with Gasteiger partial charge in [-0.3, -0.25) is 4.98 Å². The van der Waals surface area contributed by atoms with Crippen molar-refractivity contribution in [3.8, 4) is 11.3 Å². The van der Waals surface area contributed by atoms with Crippen LogP contribution in [0.25, 0.3) is 38.6 Å². The summed E-state index contributed by atoms with van der Waals surface area (Å²) in [5.41, 5.74) is 6.60. The molecule has 0 spiro atoms. The number of aromatic nitrogens is 2. The van der Waals surface area contributed by atoms with Crippen molar-refractivity contribution in [1.82, 2.24) is 9.38 Å². The fraction of sp³-hybridized carbons (Fsp3) is 0.323. The van der Waals surface area contributed by atoms with Crippen LogP contribution in [0.4, 0.5) is 0 Å². The van der Waals surface area contributed by atoms with Gasteiger partial charge in [-0.1, -0.05) is 68.6 Å². The van der Waals surface area contributed by atoms with Crippen LogP contribution in [0.5, 0.6) is 0 Å². The standard InChI is InChI=1S/C31H31N2.Ir/c1-31(2,3)22-18-16-21(17-19-22)23-10-4-6-12-25(23)29-20-32-30-27-14-7-5-11-24(27)26-13-8-9-15-28(26)33(29)30;/h4-13,15,20-22H,16-19H2,1-3H3;/q-1;. The van der Waals surface area contributed by atoms with Crippen molar-refractivity contribution in [2.24, 2.45) is 11.3 Å². The maximum atomic E-state index is 4.94. The molecule has 6 rings (SSSR count). The van der Waals surface area contributed by atoms with E-state index in [0.29, 0.717) is 11.3 Å². The van der Waals surface area contributed by atoms with Gasteiger partial charge in [-0.05, 0) is 60.0 Å². The molecule has 1 aliphatic rings. The molecule has 1 saturated carbocycles. The first-order valence-electron chi connectivity index (χ1n) is 12.3. The molecule has 1 radical (unpaired) electrons. The third kappa shape index (κ3) is 3.80. The van der Waals surface area contributed by atoms with E-state index in [1.807, 2.05) is 6.07 Å². The average Bonchev–Trinajstić information content (AvgIpc) is 3.29. The molecule has 175 valence electrons. The summed E-state index contributed by atoms with van der Waals surface area (Å²) in [6.07, 6.45) is 7.25. The van der Waals surface area contributed by atoms with E-state index in [9.17, 15) is 0 Å². The Morgan fingerprint density at radius 2 is 1.56 bits per heavy atom. The van der Waals surface area contributed by atoms with Gasteiger partial charge in [0.1, 0.15) is 0 Å². The van der Waals surface area contributed by atoms with Crippen LogP contribution in [0.3, 0.4) is 0 Å². The van der Waals surface area contributed by atoms with Crippen LogP contribution in [0.2, 0.25) is 0 Å². The van der Waals surface area contributed by atoms with E-state index < -0.39 is 0 Å². The zero-order valence-corrected chi connectivity index (χ0v) is 22.5. The van der Waals surface area contributed by atoms with Gasteiger partial charge >= 0.3 is 0 Å². The second-order valence-corrected chi connectivity index (χ2v) is 10.8. The maximum Gasteiger partial charge on any atom is 0.0636 e. The SMILES string of the molecule is CC(C)(C)C1CCC(c2ccccc2-c2cnc3c4[c-]cccc4c4ccccc4n23)CC1.[Ir]. The molecular formula is C31H31IrN2-. The first-order valence-corrected chi connectivity index (χ1v) is 12.3. The van der Waals surface area contributed by atoms with Crippen molar-refractivity contribution < 1.29 is 20.1 Å². The van der Waals surface area contributed by atoms with Crippen molar-refractivity contribution in [3.63, 3.8) is 0 Å². The van der Waals surface area contributed by atoms with Crippen molar-refractivity contribution in [2.75, 3.05) is 0 Å². The number of hydrogen-bond donors (Lipinski definition) is 0. The van der Waals surface area contributed by atoms with Gasteiger partial charge in [0.05, 0.1) is 11.3 Å². The Bertz CT molecular complexity index is 1470. The molecular weight excluding hydrogens is 593 g/mol. The Hall–Kier alpha value is -2.48. The summed E-state index contributed by atoms with van der Waals surface area (Å²) < 4.78 is 2.35. The number of para-hydroxylation sites is 1. The molecule has 0 aliphatic heterocycles. The maximum absolute atomic E-state index is 4.94. The van der Waals surface area contributed by atoms with Gasteiger partial charge in [0, 0.05) is 37.4 Å². The molecule has 2 aromatic heterocycles. The second kappa shape index (κ2) is 8.95. The van der Waals surface area contributed by atoms with E-state index >= 15 is 0 Å². The number of fused-ring (bicyclic) bond motifs is 6. The molecule has 0 saturated heterocycles. The molecule has 1 fully saturated rings. The first kappa shape index (κ1) is 23.3. The molecule has 0 unspecified atom stereocenters. The Morgan fingerprint density at radius 3 is 2.35 bits per heavy atom. The van der Waals surface area contributed by atoms with Crippen LogP contribution in [-0.2, 0) is 20.1 Å². The summed E-state index contributed by atoms with van der Waals surface area (Å²) in [5.74, 6) is 1.44. The summed E-state index contributed by atoms with van der Waals surface area (Å²) in [6, 6.07) is 27.4. The summed E-state index contributed by atoms with van der Waals surface area (Å²) in [7, 11) is 0. The Labute approximate surface area is 215 Å². The predicted octanol–water partition coefficient (Wildman–Crippen LogP) is 8.43. The average molecular weight is 624 g/mol. The quantitative estimate of drug-likeness (QED) is 0.143. The number of pyridine rings is 1. The number of hydrogen-bond acceptors (Lipinski definition) is 1. The molecule has 3 heteroatoms. The monoisotopic (exact) mass is 624 g/mol. The van der Waals surface area contributed by atoms with Gasteiger partial charge in [0.25, 0.3) is 0 Å². The molecule has 3 aromatic carbocycles. The number of nitrogens with zero attached hydrogens (tertiary/aromatic N) is 2. The van der Waals surface area contributed by atoms with Crippen molar-refractivity contribution in [1.29, 1.82) is 0 Å². The first-order chi connectivity index (χ1) is 16.0. The van der Waals surface area contributed by atoms with Crippen molar-refractivity contribution in [3.05, 3.63) is 84.6 Å². The fourth-order valence-electron chi connectivity index (χ4n) is 6.06. The van der Waals surface area contributed by atoms with Gasteiger partial charge < -0.3 is 4.40 Å². The fourth-order valence-corrected chi connectivity index (χ4v) is 6.06. The zero-order valence-electron chi connectivity index (χ0n) is 20.1. The predicted molar refractivity (Wildman–Crippen MR) is 139 cm³/mol. The number of imidazole rings is 1. The Balaban J connectivity index is 0.00000241. The Kier molecular flexibility index (Phi) is 6.12. The van der Waals surface area contributed by atoms with E-state index in [2.05, 4.69) is 98.1 Å². The van der Waals surface area contributed by atoms with Crippen LogP contribution in [-0.4, -0.2) is 9.38 Å². The summed E-state index contributed by atoms with van der Waals surface area (Å²) >= 11 is 0. The minimum absolute atomic E-state index is 0. The van der Waals surface area contributed by atoms with E-state index in [1.165, 1.54) is 58.8 Å². The van der Waals surface area contributed by atoms with Crippen LogP contribution in [0, 0.1) is 17.4 Å². The summed E-state index contributed by atoms with van der Waals surface area (Å²) in [6.45, 7) is 7.20. The van der Waals surface area contributed by atoms with Gasteiger partial charge in [-0.15, -0.1) is 29.7 Å². The number of rotatable bonds is 2. The van der Waals surface area contributed by atoms with Gasteiger partial charge in [0.15, 0.2) is 0 Å². The van der Waals surface area contributed by atoms with Crippen molar-refractivity contribution >= 4 is 27.3 Å². The van der Waals surface area contributed by atoms with Crippen molar-refractivity contribution in [2.45, 2.75) is 52.4 Å². The van der Waals surface area contributed by atoms with Gasteiger partial charge in [-0.2, -0.15) is 0 Å². The molecule has 1 aliphatic carbocycles. The molecule has 5 aromatic rings. The largest absolute Gasteiger partial charge is 0.333 e. The third-order valence-corrected chi connectivity index (χ3v) is 7.91. The smallest absolute Gasteiger partial charge is 0.0636 e. The van der Waals surface area contributed by atoms with Crippen LogP contribution < -0.4 is 0 Å². The van der Waals surface area contributed by atoms with Gasteiger partial charge in [-0.25, -0.2) is 0 Å². The minimum Gasteiger partial charge on any atom is -0.333 e. The van der Waals surface area contributed by atoms with E-state index in [0.717, 1.165) is 17.0 Å².